The minimum atomic E-state index is -0.725. The van der Waals surface area contributed by atoms with E-state index in [-0.39, 0.29) is 13.2 Å². The topological polar surface area (TPSA) is 58.9 Å². The van der Waals surface area contributed by atoms with Crippen LogP contribution in [0, 0.1) is 0 Å². The van der Waals surface area contributed by atoms with Gasteiger partial charge in [-0.15, -0.1) is 0 Å². The van der Waals surface area contributed by atoms with Crippen LogP contribution < -0.4 is 9.47 Å². The smallest absolute Gasteiger partial charge is 0.127 e. The van der Waals surface area contributed by atoms with Crippen LogP contribution in [0.5, 0.6) is 11.5 Å². The molecule has 4 rings (SSSR count). The second-order valence-electron chi connectivity index (χ2n) is 7.47. The highest BCUT2D eigenvalue weighted by Gasteiger charge is 2.15. The summed E-state index contributed by atoms with van der Waals surface area (Å²) in [7, 11) is 0. The van der Waals surface area contributed by atoms with Crippen LogP contribution in [-0.4, -0.2) is 23.4 Å². The molecule has 0 heterocycles. The van der Waals surface area contributed by atoms with Crippen LogP contribution in [0.1, 0.15) is 23.3 Å². The summed E-state index contributed by atoms with van der Waals surface area (Å²) in [4.78, 5) is 0. The number of hydrogen-bond acceptors (Lipinski definition) is 4. The molecule has 4 heteroatoms. The molecule has 4 aromatic carbocycles. The molecule has 0 amide bonds. The fourth-order valence-corrected chi connectivity index (χ4v) is 3.51. The van der Waals surface area contributed by atoms with Crippen molar-refractivity contribution in [2.45, 2.75) is 12.2 Å². The van der Waals surface area contributed by atoms with Gasteiger partial charge in [0.05, 0.1) is 0 Å². The van der Waals surface area contributed by atoms with Gasteiger partial charge < -0.3 is 19.7 Å². The van der Waals surface area contributed by atoms with E-state index >= 15 is 0 Å². The average molecular weight is 427 g/mol. The Morgan fingerprint density at radius 1 is 0.469 bits per heavy atom. The third-order valence-corrected chi connectivity index (χ3v) is 5.23. The molecular formula is C28H26O4. The number of hydrogen-bond donors (Lipinski definition) is 2. The normalized spacial score (nSPS) is 12.7. The van der Waals surface area contributed by atoms with Crippen LogP contribution in [0.2, 0.25) is 0 Å². The van der Waals surface area contributed by atoms with Crippen molar-refractivity contribution < 1.29 is 19.7 Å². The largest absolute Gasteiger partial charge is 0.490 e. The molecule has 0 saturated heterocycles. The summed E-state index contributed by atoms with van der Waals surface area (Å²) in [5, 5.41) is 20.9. The molecule has 0 aliphatic rings. The van der Waals surface area contributed by atoms with Gasteiger partial charge in [0.15, 0.2) is 0 Å². The van der Waals surface area contributed by atoms with Crippen LogP contribution >= 0.6 is 0 Å². The van der Waals surface area contributed by atoms with Crippen LogP contribution in [0.3, 0.4) is 0 Å². The Hall–Kier alpha value is -3.60. The first kappa shape index (κ1) is 21.6. The number of para-hydroxylation sites is 2. The minimum absolute atomic E-state index is 0.136. The number of benzene rings is 4. The van der Waals surface area contributed by atoms with E-state index < -0.39 is 12.2 Å². The lowest BCUT2D eigenvalue weighted by Gasteiger charge is -2.18. The zero-order valence-electron chi connectivity index (χ0n) is 17.7. The Morgan fingerprint density at radius 2 is 0.812 bits per heavy atom. The predicted octanol–water partition coefficient (Wildman–Crippen LogP) is 5.58. The minimum Gasteiger partial charge on any atom is -0.490 e. The molecule has 2 atom stereocenters. The number of rotatable bonds is 9. The quantitative estimate of drug-likeness (QED) is 0.367. The van der Waals surface area contributed by atoms with E-state index in [4.69, 9.17) is 9.47 Å². The van der Waals surface area contributed by atoms with Crippen molar-refractivity contribution in [3.05, 3.63) is 120 Å². The van der Waals surface area contributed by atoms with Gasteiger partial charge in [-0.3, -0.25) is 0 Å². The Balaban J connectivity index is 1.50. The van der Waals surface area contributed by atoms with E-state index in [1.54, 1.807) is 0 Å². The van der Waals surface area contributed by atoms with Gasteiger partial charge in [0.2, 0.25) is 0 Å². The van der Waals surface area contributed by atoms with Gasteiger partial charge in [-0.05, 0) is 23.3 Å². The maximum absolute atomic E-state index is 10.5. The van der Waals surface area contributed by atoms with Gasteiger partial charge >= 0.3 is 0 Å². The summed E-state index contributed by atoms with van der Waals surface area (Å²) in [5.74, 6) is 1.31. The predicted molar refractivity (Wildman–Crippen MR) is 126 cm³/mol. The van der Waals surface area contributed by atoms with Gasteiger partial charge in [-0.25, -0.2) is 0 Å². The Labute approximate surface area is 188 Å². The molecule has 2 N–H and O–H groups in total. The number of aliphatic hydroxyl groups excluding tert-OH is 2. The molecular weight excluding hydrogens is 400 g/mol. The Morgan fingerprint density at radius 3 is 1.22 bits per heavy atom. The first-order valence-corrected chi connectivity index (χ1v) is 10.6. The van der Waals surface area contributed by atoms with Gasteiger partial charge in [0, 0.05) is 11.1 Å². The molecule has 0 aliphatic heterocycles. The second kappa shape index (κ2) is 10.6. The molecule has 4 aromatic rings. The maximum atomic E-state index is 10.5. The monoisotopic (exact) mass is 426 g/mol. The SMILES string of the molecule is O[C@@H](COc1ccccc1-c1ccccc1OC[C@H](O)c1ccccc1)c1ccccc1. The van der Waals surface area contributed by atoms with Gasteiger partial charge in [-0.2, -0.15) is 0 Å². The van der Waals surface area contributed by atoms with E-state index in [9.17, 15) is 10.2 Å². The first-order valence-electron chi connectivity index (χ1n) is 10.6. The zero-order valence-corrected chi connectivity index (χ0v) is 17.7. The third kappa shape index (κ3) is 5.35. The maximum Gasteiger partial charge on any atom is 0.127 e. The van der Waals surface area contributed by atoms with Gasteiger partial charge in [0.1, 0.15) is 36.9 Å². The van der Waals surface area contributed by atoms with E-state index in [0.29, 0.717) is 11.5 Å². The third-order valence-electron chi connectivity index (χ3n) is 5.23. The van der Waals surface area contributed by atoms with Crippen LogP contribution in [-0.2, 0) is 0 Å². The number of ether oxygens (including phenoxy) is 2. The first-order chi connectivity index (χ1) is 15.7. The van der Waals surface area contributed by atoms with E-state index in [0.717, 1.165) is 22.3 Å². The summed E-state index contributed by atoms with van der Waals surface area (Å²) in [6, 6.07) is 34.2. The Kier molecular flexibility index (Phi) is 7.18. The summed E-state index contributed by atoms with van der Waals surface area (Å²) in [6.07, 6.45) is -1.45. The zero-order chi connectivity index (χ0) is 22.2. The van der Waals surface area contributed by atoms with Crippen LogP contribution in [0.25, 0.3) is 11.1 Å². The van der Waals surface area contributed by atoms with E-state index in [1.807, 2.05) is 109 Å². The molecule has 0 aromatic heterocycles. The summed E-state index contributed by atoms with van der Waals surface area (Å²) < 4.78 is 12.0. The highest BCUT2D eigenvalue weighted by molar-refractivity contribution is 5.75. The standard InChI is InChI=1S/C28H26O4/c29-25(21-11-3-1-4-12-21)19-31-27-17-9-7-15-23(27)24-16-8-10-18-28(24)32-20-26(30)22-13-5-2-6-14-22/h1-18,25-26,29-30H,19-20H2/t25-,26-/m0/s1. The van der Waals surface area contributed by atoms with E-state index in [1.165, 1.54) is 0 Å². The van der Waals surface area contributed by atoms with Gasteiger partial charge in [0.25, 0.3) is 0 Å². The fraction of sp³-hybridized carbons (Fsp3) is 0.143. The van der Waals surface area contributed by atoms with Crippen molar-refractivity contribution in [3.8, 4) is 22.6 Å². The highest BCUT2D eigenvalue weighted by Crippen LogP contribution is 2.37. The summed E-state index contributed by atoms with van der Waals surface area (Å²) in [6.45, 7) is 0.271. The van der Waals surface area contributed by atoms with Crippen molar-refractivity contribution in [2.75, 3.05) is 13.2 Å². The molecule has 0 aliphatic carbocycles. The van der Waals surface area contributed by atoms with Crippen LogP contribution in [0.15, 0.2) is 109 Å². The lowest BCUT2D eigenvalue weighted by molar-refractivity contribution is 0.107. The lowest BCUT2D eigenvalue weighted by Crippen LogP contribution is -2.11. The van der Waals surface area contributed by atoms with Crippen molar-refractivity contribution in [1.29, 1.82) is 0 Å². The molecule has 162 valence electrons. The van der Waals surface area contributed by atoms with Crippen molar-refractivity contribution in [2.24, 2.45) is 0 Å². The van der Waals surface area contributed by atoms with Crippen molar-refractivity contribution >= 4 is 0 Å². The molecule has 0 unspecified atom stereocenters. The number of aliphatic hydroxyl groups is 2. The summed E-state index contributed by atoms with van der Waals surface area (Å²) >= 11 is 0. The highest BCUT2D eigenvalue weighted by atomic mass is 16.5. The average Bonchev–Trinajstić information content (AvgIpc) is 2.87. The van der Waals surface area contributed by atoms with Crippen LogP contribution in [0.4, 0.5) is 0 Å². The van der Waals surface area contributed by atoms with E-state index in [2.05, 4.69) is 0 Å². The van der Waals surface area contributed by atoms with Gasteiger partial charge in [-0.1, -0.05) is 97.1 Å². The second-order valence-corrected chi connectivity index (χ2v) is 7.47. The summed E-state index contributed by atoms with van der Waals surface area (Å²) in [5.41, 5.74) is 3.34. The molecule has 0 fully saturated rings. The molecule has 0 spiro atoms. The Bertz CT molecular complexity index is 1020. The lowest BCUT2D eigenvalue weighted by atomic mass is 10.0. The van der Waals surface area contributed by atoms with Crippen molar-refractivity contribution in [3.63, 3.8) is 0 Å². The van der Waals surface area contributed by atoms with Crippen molar-refractivity contribution in [1.82, 2.24) is 0 Å². The molecule has 4 nitrogen and oxygen atoms in total. The fourth-order valence-electron chi connectivity index (χ4n) is 3.51. The molecule has 0 bridgehead atoms. The molecule has 0 radical (unpaired) electrons. The molecule has 32 heavy (non-hydrogen) atoms. The molecule has 0 saturated carbocycles.